The van der Waals surface area contributed by atoms with Crippen molar-refractivity contribution in [3.8, 4) is 5.75 Å². The molecule has 0 fully saturated rings. The quantitative estimate of drug-likeness (QED) is 0.650. The average molecular weight is 292 g/mol. The van der Waals surface area contributed by atoms with Crippen LogP contribution in [0, 0.1) is 0 Å². The van der Waals surface area contributed by atoms with Crippen LogP contribution in [-0.2, 0) is 5.41 Å². The summed E-state index contributed by atoms with van der Waals surface area (Å²) >= 11 is 0. The molecular weight excluding hydrogens is 258 g/mol. The smallest absolute Gasteiger partial charge is 0.119 e. The summed E-state index contributed by atoms with van der Waals surface area (Å²) < 4.78 is 5.81. The van der Waals surface area contributed by atoms with Gasteiger partial charge in [0.1, 0.15) is 5.75 Å². The maximum absolute atomic E-state index is 5.81. The highest BCUT2D eigenvalue weighted by Gasteiger charge is 2.12. The van der Waals surface area contributed by atoms with E-state index in [0.717, 1.165) is 18.8 Å². The topological polar surface area (TPSA) is 25.8 Å². The molecule has 0 unspecified atom stereocenters. The van der Waals surface area contributed by atoms with Crippen molar-refractivity contribution in [1.29, 1.82) is 0 Å². The zero-order chi connectivity index (χ0) is 15.6. The molecule has 0 bridgehead atoms. The van der Waals surface area contributed by atoms with Crippen LogP contribution < -0.4 is 10.1 Å². The third kappa shape index (κ3) is 8.11. The van der Waals surface area contributed by atoms with Crippen molar-refractivity contribution in [1.82, 2.24) is 0 Å². The summed E-state index contributed by atoms with van der Waals surface area (Å²) in [5, 5.41) is 2.44. The molecule has 0 aromatic heterocycles. The van der Waals surface area contributed by atoms with Gasteiger partial charge >= 0.3 is 0 Å². The largest absolute Gasteiger partial charge is 0.494 e. The maximum Gasteiger partial charge on any atom is 0.119 e. The Bertz CT molecular complexity index is 364. The van der Waals surface area contributed by atoms with Crippen LogP contribution in [0.3, 0.4) is 0 Å². The molecule has 0 aliphatic rings. The molecule has 0 saturated heterocycles. The van der Waals surface area contributed by atoms with Gasteiger partial charge in [0.05, 0.1) is 19.7 Å². The standard InChI is InChI=1S/C19H33NO/c1-5-6-14-20-15-8-7-9-16-21-18-12-10-17(11-13-18)19(2,3)4/h10-13,20H,5-9,14-16H2,1-4H3/p+1. The number of hydrogen-bond acceptors (Lipinski definition) is 1. The van der Waals surface area contributed by atoms with Crippen molar-refractivity contribution in [2.75, 3.05) is 19.7 Å². The Morgan fingerprint density at radius 1 is 0.905 bits per heavy atom. The first-order chi connectivity index (χ1) is 10.0. The van der Waals surface area contributed by atoms with E-state index >= 15 is 0 Å². The Morgan fingerprint density at radius 2 is 1.57 bits per heavy atom. The lowest BCUT2D eigenvalue weighted by Gasteiger charge is -2.19. The highest BCUT2D eigenvalue weighted by molar-refractivity contribution is 5.31. The Kier molecular flexibility index (Phi) is 8.44. The Labute approximate surface area is 131 Å². The zero-order valence-corrected chi connectivity index (χ0v) is 14.5. The minimum absolute atomic E-state index is 0.215. The van der Waals surface area contributed by atoms with Crippen molar-refractivity contribution in [3.63, 3.8) is 0 Å². The summed E-state index contributed by atoms with van der Waals surface area (Å²) in [4.78, 5) is 0. The van der Waals surface area contributed by atoms with Gasteiger partial charge in [0.25, 0.3) is 0 Å². The molecule has 0 spiro atoms. The lowest BCUT2D eigenvalue weighted by Crippen LogP contribution is -2.84. The van der Waals surface area contributed by atoms with Gasteiger partial charge < -0.3 is 10.1 Å². The van der Waals surface area contributed by atoms with E-state index < -0.39 is 0 Å². The molecule has 2 N–H and O–H groups in total. The van der Waals surface area contributed by atoms with Crippen LogP contribution >= 0.6 is 0 Å². The molecule has 120 valence electrons. The first-order valence-electron chi connectivity index (χ1n) is 8.59. The third-order valence-corrected chi connectivity index (χ3v) is 3.80. The molecule has 1 rings (SSSR count). The van der Waals surface area contributed by atoms with Crippen LogP contribution in [-0.4, -0.2) is 19.7 Å². The van der Waals surface area contributed by atoms with E-state index in [1.165, 1.54) is 44.3 Å². The summed E-state index contributed by atoms with van der Waals surface area (Å²) in [6, 6.07) is 8.55. The molecular formula is C19H34NO+. The van der Waals surface area contributed by atoms with Gasteiger partial charge in [-0.1, -0.05) is 46.2 Å². The fourth-order valence-corrected chi connectivity index (χ4v) is 2.30. The Balaban J connectivity index is 2.08. The van der Waals surface area contributed by atoms with Gasteiger partial charge in [-0.3, -0.25) is 0 Å². The van der Waals surface area contributed by atoms with Crippen LogP contribution in [0.1, 0.15) is 65.4 Å². The van der Waals surface area contributed by atoms with Crippen molar-refractivity contribution >= 4 is 0 Å². The second-order valence-corrected chi connectivity index (χ2v) is 6.90. The molecule has 0 aliphatic carbocycles. The van der Waals surface area contributed by atoms with Gasteiger partial charge in [-0.15, -0.1) is 0 Å². The fraction of sp³-hybridized carbons (Fsp3) is 0.684. The van der Waals surface area contributed by atoms with Gasteiger partial charge in [0, 0.05) is 0 Å². The second-order valence-electron chi connectivity index (χ2n) is 6.90. The molecule has 2 heteroatoms. The van der Waals surface area contributed by atoms with E-state index in [2.05, 4.69) is 57.3 Å². The molecule has 1 aromatic rings. The molecule has 2 nitrogen and oxygen atoms in total. The molecule has 0 radical (unpaired) electrons. The summed E-state index contributed by atoms with van der Waals surface area (Å²) in [6.45, 7) is 12.3. The first-order valence-corrected chi connectivity index (χ1v) is 8.59. The van der Waals surface area contributed by atoms with E-state index in [9.17, 15) is 0 Å². The first kappa shape index (κ1) is 18.0. The predicted octanol–water partition coefficient (Wildman–Crippen LogP) is 3.90. The van der Waals surface area contributed by atoms with Gasteiger partial charge in [0.15, 0.2) is 0 Å². The predicted molar refractivity (Wildman–Crippen MR) is 91.1 cm³/mol. The average Bonchev–Trinajstić information content (AvgIpc) is 2.45. The van der Waals surface area contributed by atoms with Gasteiger partial charge in [-0.2, -0.15) is 0 Å². The maximum atomic E-state index is 5.81. The lowest BCUT2D eigenvalue weighted by molar-refractivity contribution is -0.655. The normalized spacial score (nSPS) is 11.6. The minimum atomic E-state index is 0.215. The molecule has 21 heavy (non-hydrogen) atoms. The molecule has 0 atom stereocenters. The zero-order valence-electron chi connectivity index (χ0n) is 14.5. The monoisotopic (exact) mass is 292 g/mol. The highest BCUT2D eigenvalue weighted by atomic mass is 16.5. The van der Waals surface area contributed by atoms with Crippen LogP contribution in [0.4, 0.5) is 0 Å². The molecule has 0 saturated carbocycles. The highest BCUT2D eigenvalue weighted by Crippen LogP contribution is 2.24. The molecule has 1 aromatic carbocycles. The van der Waals surface area contributed by atoms with E-state index in [4.69, 9.17) is 4.74 Å². The molecule has 0 aliphatic heterocycles. The minimum Gasteiger partial charge on any atom is -0.494 e. The Morgan fingerprint density at radius 3 is 2.19 bits per heavy atom. The fourth-order valence-electron chi connectivity index (χ4n) is 2.30. The summed E-state index contributed by atoms with van der Waals surface area (Å²) in [6.07, 6.45) is 6.37. The number of hydrogen-bond donors (Lipinski definition) is 1. The third-order valence-electron chi connectivity index (χ3n) is 3.80. The van der Waals surface area contributed by atoms with Crippen molar-refractivity contribution in [2.45, 2.75) is 65.2 Å². The summed E-state index contributed by atoms with van der Waals surface area (Å²) in [5.74, 6) is 0.998. The Hall–Kier alpha value is -1.02. The number of benzene rings is 1. The van der Waals surface area contributed by atoms with Crippen molar-refractivity contribution in [3.05, 3.63) is 29.8 Å². The van der Waals surface area contributed by atoms with Gasteiger partial charge in [-0.05, 0) is 48.8 Å². The summed E-state index contributed by atoms with van der Waals surface area (Å²) in [7, 11) is 0. The lowest BCUT2D eigenvalue weighted by atomic mass is 9.87. The van der Waals surface area contributed by atoms with Crippen LogP contribution in [0.25, 0.3) is 0 Å². The number of nitrogens with two attached hydrogens (primary N) is 1. The van der Waals surface area contributed by atoms with Gasteiger partial charge in [0.2, 0.25) is 0 Å². The summed E-state index contributed by atoms with van der Waals surface area (Å²) in [5.41, 5.74) is 1.57. The number of quaternary nitrogens is 1. The van der Waals surface area contributed by atoms with Crippen LogP contribution in [0.5, 0.6) is 5.75 Å². The van der Waals surface area contributed by atoms with Crippen LogP contribution in [0.2, 0.25) is 0 Å². The van der Waals surface area contributed by atoms with Crippen molar-refractivity contribution < 1.29 is 10.1 Å². The number of rotatable bonds is 10. The second kappa shape index (κ2) is 9.83. The van der Waals surface area contributed by atoms with E-state index in [0.29, 0.717) is 0 Å². The SMILES string of the molecule is CCCC[NH2+]CCCCCOc1ccc(C(C)(C)C)cc1. The van der Waals surface area contributed by atoms with E-state index in [-0.39, 0.29) is 5.41 Å². The van der Waals surface area contributed by atoms with E-state index in [1.54, 1.807) is 0 Å². The van der Waals surface area contributed by atoms with Crippen LogP contribution in [0.15, 0.2) is 24.3 Å². The molecule has 0 amide bonds. The number of unbranched alkanes of at least 4 members (excludes halogenated alkanes) is 3. The van der Waals surface area contributed by atoms with Crippen molar-refractivity contribution in [2.24, 2.45) is 0 Å². The van der Waals surface area contributed by atoms with Gasteiger partial charge in [-0.25, -0.2) is 0 Å². The number of ether oxygens (including phenoxy) is 1. The molecule has 0 heterocycles. The van der Waals surface area contributed by atoms with E-state index in [1.807, 2.05) is 0 Å².